The van der Waals surface area contributed by atoms with Gasteiger partial charge in [-0.05, 0) is 18.3 Å². The van der Waals surface area contributed by atoms with Gasteiger partial charge in [0, 0.05) is 19.9 Å². The van der Waals surface area contributed by atoms with Crippen molar-refractivity contribution in [3.63, 3.8) is 0 Å². The van der Waals surface area contributed by atoms with E-state index in [1.807, 2.05) is 13.8 Å². The summed E-state index contributed by atoms with van der Waals surface area (Å²) in [5.74, 6) is -1.50. The van der Waals surface area contributed by atoms with Gasteiger partial charge in [0.05, 0.1) is 5.92 Å². The first-order valence-electron chi connectivity index (χ1n) is 7.48. The van der Waals surface area contributed by atoms with Gasteiger partial charge in [-0.25, -0.2) is 4.79 Å². The SMILES string of the molecule is CC(C)C[C@H](CNC(=O)O[C@H](C)OC(=O)C(C)C)CC(=O)O.[CaH2]. The second-order valence-electron chi connectivity index (χ2n) is 6.04. The number of esters is 1. The first-order chi connectivity index (χ1) is 10.1. The Morgan fingerprint density at radius 1 is 1.04 bits per heavy atom. The molecule has 0 aliphatic rings. The monoisotopic (exact) mass is 359 g/mol. The Kier molecular flexibility index (Phi) is 13.8. The molecule has 0 saturated carbocycles. The van der Waals surface area contributed by atoms with Crippen molar-refractivity contribution in [1.82, 2.24) is 5.32 Å². The summed E-state index contributed by atoms with van der Waals surface area (Å²) >= 11 is 0. The molecule has 2 N–H and O–H groups in total. The molecule has 0 unspecified atom stereocenters. The Balaban J connectivity index is 0. The van der Waals surface area contributed by atoms with Crippen LogP contribution in [0.2, 0.25) is 0 Å². The van der Waals surface area contributed by atoms with E-state index in [2.05, 4.69) is 5.32 Å². The van der Waals surface area contributed by atoms with E-state index in [0.717, 1.165) is 0 Å². The van der Waals surface area contributed by atoms with Gasteiger partial charge in [0.25, 0.3) is 0 Å². The van der Waals surface area contributed by atoms with E-state index < -0.39 is 24.3 Å². The summed E-state index contributed by atoms with van der Waals surface area (Å²) in [6.07, 6.45) is -1.05. The number of aliphatic carboxylic acids is 1. The molecular formula is C15H29CaNO6. The van der Waals surface area contributed by atoms with Crippen LogP contribution in [0.5, 0.6) is 0 Å². The Morgan fingerprint density at radius 2 is 1.61 bits per heavy atom. The van der Waals surface area contributed by atoms with Crippen molar-refractivity contribution in [2.24, 2.45) is 17.8 Å². The van der Waals surface area contributed by atoms with Gasteiger partial charge in [-0.2, -0.15) is 0 Å². The molecule has 0 aliphatic carbocycles. The quantitative estimate of drug-likeness (QED) is 0.367. The maximum atomic E-state index is 11.6. The molecule has 23 heavy (non-hydrogen) atoms. The fraction of sp³-hybridized carbons (Fsp3) is 0.800. The number of carboxylic acids is 1. The van der Waals surface area contributed by atoms with Gasteiger partial charge in [0.1, 0.15) is 0 Å². The van der Waals surface area contributed by atoms with Gasteiger partial charge in [-0.1, -0.05) is 27.7 Å². The number of nitrogens with one attached hydrogen (secondary N) is 1. The Hall–Kier alpha value is -0.530. The fourth-order valence-electron chi connectivity index (χ4n) is 1.90. The predicted octanol–water partition coefficient (Wildman–Crippen LogP) is 1.48. The van der Waals surface area contributed by atoms with Gasteiger partial charge in [-0.15, -0.1) is 0 Å². The van der Waals surface area contributed by atoms with Crippen LogP contribution in [0.4, 0.5) is 4.79 Å². The zero-order valence-corrected chi connectivity index (χ0v) is 13.9. The zero-order valence-electron chi connectivity index (χ0n) is 13.9. The Morgan fingerprint density at radius 3 is 2.04 bits per heavy atom. The Bertz CT molecular complexity index is 386. The summed E-state index contributed by atoms with van der Waals surface area (Å²) < 4.78 is 9.79. The molecule has 0 radical (unpaired) electrons. The molecule has 8 heteroatoms. The number of hydrogen-bond acceptors (Lipinski definition) is 5. The van der Waals surface area contributed by atoms with Gasteiger partial charge in [0.2, 0.25) is 6.29 Å². The second-order valence-corrected chi connectivity index (χ2v) is 6.04. The first kappa shape index (κ1) is 24.7. The normalized spacial score (nSPS) is 13.0. The fourth-order valence-corrected chi connectivity index (χ4v) is 1.90. The second kappa shape index (κ2) is 12.8. The van der Waals surface area contributed by atoms with Crippen LogP contribution in [0.3, 0.4) is 0 Å². The van der Waals surface area contributed by atoms with Gasteiger partial charge in [0.15, 0.2) is 0 Å². The molecular weight excluding hydrogens is 330 g/mol. The van der Waals surface area contributed by atoms with Crippen LogP contribution in [-0.2, 0) is 19.1 Å². The molecule has 0 aromatic carbocycles. The number of amides is 1. The van der Waals surface area contributed by atoms with Crippen LogP contribution in [0.1, 0.15) is 47.5 Å². The van der Waals surface area contributed by atoms with Crippen molar-refractivity contribution in [1.29, 1.82) is 0 Å². The number of carbonyl (C=O) groups is 3. The van der Waals surface area contributed by atoms with Crippen molar-refractivity contribution < 1.29 is 29.0 Å². The van der Waals surface area contributed by atoms with Crippen LogP contribution in [0, 0.1) is 17.8 Å². The van der Waals surface area contributed by atoms with Gasteiger partial charge < -0.3 is 19.9 Å². The van der Waals surface area contributed by atoms with Gasteiger partial charge in [-0.3, -0.25) is 9.59 Å². The van der Waals surface area contributed by atoms with Crippen molar-refractivity contribution in [2.45, 2.75) is 53.8 Å². The number of carboxylic acid groups (broad SMARTS) is 1. The van der Waals surface area contributed by atoms with Crippen molar-refractivity contribution in [3.8, 4) is 0 Å². The van der Waals surface area contributed by atoms with Crippen LogP contribution in [-0.4, -0.2) is 73.7 Å². The first-order valence-corrected chi connectivity index (χ1v) is 7.48. The van der Waals surface area contributed by atoms with E-state index in [9.17, 15) is 14.4 Å². The predicted molar refractivity (Wildman–Crippen MR) is 88.6 cm³/mol. The number of carbonyl (C=O) groups excluding carboxylic acids is 2. The minimum absolute atomic E-state index is 0. The summed E-state index contributed by atoms with van der Waals surface area (Å²) in [6, 6.07) is 0. The molecule has 0 aliphatic heterocycles. The van der Waals surface area contributed by atoms with Crippen LogP contribution < -0.4 is 5.32 Å². The van der Waals surface area contributed by atoms with E-state index in [0.29, 0.717) is 12.3 Å². The minimum atomic E-state index is -0.988. The zero-order chi connectivity index (χ0) is 17.3. The molecule has 0 rings (SSSR count). The van der Waals surface area contributed by atoms with Crippen LogP contribution in [0.25, 0.3) is 0 Å². The van der Waals surface area contributed by atoms with Crippen molar-refractivity contribution in [2.75, 3.05) is 6.54 Å². The molecule has 2 atom stereocenters. The molecule has 0 spiro atoms. The summed E-state index contributed by atoms with van der Waals surface area (Å²) in [5, 5.41) is 11.4. The summed E-state index contributed by atoms with van der Waals surface area (Å²) in [4.78, 5) is 33.8. The van der Waals surface area contributed by atoms with Crippen LogP contribution in [0.15, 0.2) is 0 Å². The molecule has 7 nitrogen and oxygen atoms in total. The van der Waals surface area contributed by atoms with E-state index in [1.54, 1.807) is 13.8 Å². The molecule has 0 aromatic rings. The molecule has 0 bridgehead atoms. The standard InChI is InChI=1S/C15H27NO6.Ca.2H/c1-9(2)6-12(7-13(17)18)8-16-15(20)22-11(5)21-14(19)10(3)4;;;/h9-12H,6-8H2,1-5H3,(H,16,20)(H,17,18);;;/t11-,12+;;;/m1.../s1. The Labute approximate surface area is 167 Å². The summed E-state index contributed by atoms with van der Waals surface area (Å²) in [5.41, 5.74) is 0. The molecule has 132 valence electrons. The van der Waals surface area contributed by atoms with Gasteiger partial charge >= 0.3 is 55.8 Å². The average Bonchev–Trinajstić information content (AvgIpc) is 2.34. The average molecular weight is 359 g/mol. The summed E-state index contributed by atoms with van der Waals surface area (Å²) in [7, 11) is 0. The number of hydrogen-bond donors (Lipinski definition) is 2. The van der Waals surface area contributed by atoms with E-state index in [-0.39, 0.29) is 62.5 Å². The third-order valence-corrected chi connectivity index (χ3v) is 2.83. The van der Waals surface area contributed by atoms with Crippen LogP contribution >= 0.6 is 0 Å². The molecule has 0 heterocycles. The van der Waals surface area contributed by atoms with Crippen molar-refractivity contribution in [3.05, 3.63) is 0 Å². The number of alkyl carbamates (subject to hydrolysis) is 1. The van der Waals surface area contributed by atoms with E-state index in [4.69, 9.17) is 14.6 Å². The summed E-state index contributed by atoms with van der Waals surface area (Å²) in [6.45, 7) is 8.98. The third-order valence-electron chi connectivity index (χ3n) is 2.83. The van der Waals surface area contributed by atoms with E-state index in [1.165, 1.54) is 6.92 Å². The molecule has 0 fully saturated rings. The topological polar surface area (TPSA) is 102 Å². The third kappa shape index (κ3) is 13.6. The molecule has 1 amide bonds. The maximum absolute atomic E-state index is 11.6. The number of ether oxygens (including phenoxy) is 2. The van der Waals surface area contributed by atoms with Crippen molar-refractivity contribution >= 4 is 55.8 Å². The van der Waals surface area contributed by atoms with E-state index >= 15 is 0 Å². The molecule has 0 saturated heterocycles. The molecule has 0 aromatic heterocycles. The number of rotatable bonds is 9.